The van der Waals surface area contributed by atoms with Crippen molar-refractivity contribution in [1.29, 1.82) is 0 Å². The Morgan fingerprint density at radius 3 is 2.44 bits per heavy atom. The number of anilines is 1. The SMILES string of the molecule is CC(NC(=S)Nc1ccncc1)c1ccccc1. The van der Waals surface area contributed by atoms with Crippen LogP contribution in [-0.4, -0.2) is 10.1 Å². The highest BCUT2D eigenvalue weighted by Gasteiger charge is 2.06. The summed E-state index contributed by atoms with van der Waals surface area (Å²) in [7, 11) is 0. The Hall–Kier alpha value is -1.94. The van der Waals surface area contributed by atoms with Gasteiger partial charge >= 0.3 is 0 Å². The maximum atomic E-state index is 5.27. The Morgan fingerprint density at radius 2 is 1.78 bits per heavy atom. The Kier molecular flexibility index (Phi) is 4.25. The molecule has 3 nitrogen and oxygen atoms in total. The molecule has 2 rings (SSSR count). The zero-order valence-electron chi connectivity index (χ0n) is 10.1. The van der Waals surface area contributed by atoms with E-state index < -0.39 is 0 Å². The summed E-state index contributed by atoms with van der Waals surface area (Å²) in [6, 6.07) is 14.1. The molecule has 0 saturated carbocycles. The molecule has 0 aliphatic heterocycles. The summed E-state index contributed by atoms with van der Waals surface area (Å²) in [6.45, 7) is 2.08. The van der Waals surface area contributed by atoms with Crippen molar-refractivity contribution in [3.8, 4) is 0 Å². The second kappa shape index (κ2) is 6.12. The highest BCUT2D eigenvalue weighted by molar-refractivity contribution is 7.80. The molecule has 1 unspecified atom stereocenters. The number of hydrogen-bond donors (Lipinski definition) is 2. The van der Waals surface area contributed by atoms with Gasteiger partial charge in [-0.3, -0.25) is 4.98 Å². The molecule has 0 fully saturated rings. The van der Waals surface area contributed by atoms with Gasteiger partial charge in [-0.2, -0.15) is 0 Å². The molecule has 0 aliphatic rings. The van der Waals surface area contributed by atoms with Crippen LogP contribution in [0.3, 0.4) is 0 Å². The van der Waals surface area contributed by atoms with Gasteiger partial charge in [-0.15, -0.1) is 0 Å². The van der Waals surface area contributed by atoms with Gasteiger partial charge in [0.25, 0.3) is 0 Å². The first-order valence-electron chi connectivity index (χ1n) is 5.78. The number of aromatic nitrogens is 1. The van der Waals surface area contributed by atoms with Gasteiger partial charge in [-0.25, -0.2) is 0 Å². The first-order valence-corrected chi connectivity index (χ1v) is 6.19. The highest BCUT2D eigenvalue weighted by atomic mass is 32.1. The van der Waals surface area contributed by atoms with Crippen molar-refractivity contribution in [2.45, 2.75) is 13.0 Å². The first-order chi connectivity index (χ1) is 8.75. The number of nitrogens with one attached hydrogen (secondary N) is 2. The van der Waals surface area contributed by atoms with E-state index in [4.69, 9.17) is 12.2 Å². The normalized spacial score (nSPS) is 11.6. The van der Waals surface area contributed by atoms with Gasteiger partial charge in [0.15, 0.2) is 5.11 Å². The van der Waals surface area contributed by atoms with Crippen LogP contribution in [-0.2, 0) is 0 Å². The molecule has 0 saturated heterocycles. The smallest absolute Gasteiger partial charge is 0.171 e. The Morgan fingerprint density at radius 1 is 1.11 bits per heavy atom. The molecular weight excluding hydrogens is 242 g/mol. The third-order valence-corrected chi connectivity index (χ3v) is 2.81. The summed E-state index contributed by atoms with van der Waals surface area (Å²) < 4.78 is 0. The summed E-state index contributed by atoms with van der Waals surface area (Å²) in [5, 5.41) is 6.98. The Labute approximate surface area is 112 Å². The third kappa shape index (κ3) is 3.53. The molecule has 0 aliphatic carbocycles. The van der Waals surface area contributed by atoms with Crippen molar-refractivity contribution < 1.29 is 0 Å². The van der Waals surface area contributed by atoms with E-state index in [1.807, 2.05) is 30.3 Å². The fraction of sp³-hybridized carbons (Fsp3) is 0.143. The van der Waals surface area contributed by atoms with Gasteiger partial charge in [-0.1, -0.05) is 30.3 Å². The molecule has 1 aromatic heterocycles. The average molecular weight is 257 g/mol. The molecule has 1 atom stereocenters. The molecule has 1 heterocycles. The van der Waals surface area contributed by atoms with E-state index >= 15 is 0 Å². The Bertz CT molecular complexity index is 499. The molecule has 2 N–H and O–H groups in total. The van der Waals surface area contributed by atoms with E-state index in [0.29, 0.717) is 5.11 Å². The minimum absolute atomic E-state index is 0.174. The molecule has 0 radical (unpaired) electrons. The van der Waals surface area contributed by atoms with Crippen molar-refractivity contribution in [2.75, 3.05) is 5.32 Å². The molecule has 0 spiro atoms. The maximum absolute atomic E-state index is 5.27. The monoisotopic (exact) mass is 257 g/mol. The van der Waals surface area contributed by atoms with Gasteiger partial charge in [0.2, 0.25) is 0 Å². The topological polar surface area (TPSA) is 37.0 Å². The quantitative estimate of drug-likeness (QED) is 0.828. The van der Waals surface area contributed by atoms with Gasteiger partial charge in [0.05, 0.1) is 6.04 Å². The standard InChI is InChI=1S/C14H15N3S/c1-11(12-5-3-2-4-6-12)16-14(18)17-13-7-9-15-10-8-13/h2-11H,1H3,(H2,15,16,17,18). The lowest BCUT2D eigenvalue weighted by Gasteiger charge is -2.17. The van der Waals surface area contributed by atoms with Crippen LogP contribution < -0.4 is 10.6 Å². The van der Waals surface area contributed by atoms with Gasteiger partial charge in [-0.05, 0) is 36.8 Å². The molecule has 0 bridgehead atoms. The maximum Gasteiger partial charge on any atom is 0.171 e. The van der Waals surface area contributed by atoms with Crippen LogP contribution in [0.1, 0.15) is 18.5 Å². The molecule has 92 valence electrons. The summed E-state index contributed by atoms with van der Waals surface area (Å²) in [5.41, 5.74) is 2.14. The third-order valence-electron chi connectivity index (χ3n) is 2.59. The number of thiocarbonyl (C=S) groups is 1. The average Bonchev–Trinajstić information content (AvgIpc) is 2.40. The second-order valence-electron chi connectivity index (χ2n) is 3.97. The minimum Gasteiger partial charge on any atom is -0.356 e. The summed E-state index contributed by atoms with van der Waals surface area (Å²) in [4.78, 5) is 3.96. The lowest BCUT2D eigenvalue weighted by Crippen LogP contribution is -2.30. The van der Waals surface area contributed by atoms with E-state index in [2.05, 4.69) is 34.7 Å². The van der Waals surface area contributed by atoms with Crippen molar-refractivity contribution in [3.05, 3.63) is 60.4 Å². The number of pyridine rings is 1. The van der Waals surface area contributed by atoms with Crippen LogP contribution in [0.5, 0.6) is 0 Å². The van der Waals surface area contributed by atoms with E-state index in [0.717, 1.165) is 5.69 Å². The van der Waals surface area contributed by atoms with Crippen LogP contribution >= 0.6 is 12.2 Å². The van der Waals surface area contributed by atoms with Crippen molar-refractivity contribution >= 4 is 23.0 Å². The highest BCUT2D eigenvalue weighted by Crippen LogP contribution is 2.11. The van der Waals surface area contributed by atoms with Crippen LogP contribution in [0.2, 0.25) is 0 Å². The number of hydrogen-bond acceptors (Lipinski definition) is 2. The molecule has 4 heteroatoms. The van der Waals surface area contributed by atoms with Crippen molar-refractivity contribution in [2.24, 2.45) is 0 Å². The van der Waals surface area contributed by atoms with Crippen LogP contribution in [0.4, 0.5) is 5.69 Å². The first kappa shape index (κ1) is 12.5. The minimum atomic E-state index is 0.174. The van der Waals surface area contributed by atoms with E-state index in [9.17, 15) is 0 Å². The van der Waals surface area contributed by atoms with E-state index in [1.54, 1.807) is 12.4 Å². The van der Waals surface area contributed by atoms with E-state index in [-0.39, 0.29) is 6.04 Å². The summed E-state index contributed by atoms with van der Waals surface area (Å²) in [6.07, 6.45) is 3.46. The number of benzene rings is 1. The van der Waals surface area contributed by atoms with Crippen LogP contribution in [0, 0.1) is 0 Å². The van der Waals surface area contributed by atoms with Crippen LogP contribution in [0.25, 0.3) is 0 Å². The Balaban J connectivity index is 1.92. The lowest BCUT2D eigenvalue weighted by atomic mass is 10.1. The van der Waals surface area contributed by atoms with Crippen molar-refractivity contribution in [3.63, 3.8) is 0 Å². The van der Waals surface area contributed by atoms with Gasteiger partial charge < -0.3 is 10.6 Å². The lowest BCUT2D eigenvalue weighted by molar-refractivity contribution is 0.722. The second-order valence-corrected chi connectivity index (χ2v) is 4.37. The summed E-state index contributed by atoms with van der Waals surface area (Å²) in [5.74, 6) is 0. The van der Waals surface area contributed by atoms with Gasteiger partial charge in [0, 0.05) is 18.1 Å². The van der Waals surface area contributed by atoms with Crippen molar-refractivity contribution in [1.82, 2.24) is 10.3 Å². The molecule has 0 amide bonds. The molecule has 1 aromatic carbocycles. The fourth-order valence-corrected chi connectivity index (χ4v) is 1.92. The zero-order valence-corrected chi connectivity index (χ0v) is 10.9. The zero-order chi connectivity index (χ0) is 12.8. The predicted molar refractivity (Wildman–Crippen MR) is 78.5 cm³/mol. The molecule has 18 heavy (non-hydrogen) atoms. The number of nitrogens with zero attached hydrogens (tertiary/aromatic N) is 1. The number of rotatable bonds is 3. The fourth-order valence-electron chi connectivity index (χ4n) is 1.62. The van der Waals surface area contributed by atoms with Crippen LogP contribution in [0.15, 0.2) is 54.9 Å². The predicted octanol–water partition coefficient (Wildman–Crippen LogP) is 3.13. The van der Waals surface area contributed by atoms with Gasteiger partial charge in [0.1, 0.15) is 0 Å². The van der Waals surface area contributed by atoms with E-state index in [1.165, 1.54) is 5.56 Å². The molecular formula is C14H15N3S. The summed E-state index contributed by atoms with van der Waals surface area (Å²) >= 11 is 5.27. The largest absolute Gasteiger partial charge is 0.356 e. The molecule has 2 aromatic rings.